The van der Waals surface area contributed by atoms with Gasteiger partial charge in [0.05, 0.1) is 25.0 Å². The molecule has 0 radical (unpaired) electrons. The van der Waals surface area contributed by atoms with Gasteiger partial charge in [-0.2, -0.15) is 0 Å². The number of allylic oxidation sites excluding steroid dienone is 4. The molecule has 7 N–H and O–H groups in total. The van der Waals surface area contributed by atoms with Crippen LogP contribution in [0.3, 0.4) is 0 Å². The number of aromatic hydroxyl groups is 1. The molecular weight excluding hydrogens is 683 g/mol. The third kappa shape index (κ3) is 6.96. The first-order chi connectivity index (χ1) is 25.0. The number of hydrogen-bond acceptors (Lipinski definition) is 10. The van der Waals surface area contributed by atoms with Crippen LogP contribution >= 0.6 is 0 Å². The molecule has 2 aromatic carbocycles. The lowest BCUT2D eigenvalue weighted by molar-refractivity contribution is -0.219. The number of alkyl halides is 1. The Hall–Kier alpha value is -3.94. The van der Waals surface area contributed by atoms with E-state index in [9.17, 15) is 39.9 Å². The topological polar surface area (TPSA) is 186 Å². The fraction of sp³-hybridized carbons (Fsp3) is 0.537. The first-order valence-electron chi connectivity index (χ1n) is 18.2. The Labute approximate surface area is 310 Å². The van der Waals surface area contributed by atoms with Crippen LogP contribution in [0, 0.1) is 28.6 Å². The quantitative estimate of drug-likeness (QED) is 0.131. The zero-order valence-corrected chi connectivity index (χ0v) is 31.0. The molecule has 0 aromatic heterocycles. The third-order valence-corrected chi connectivity index (χ3v) is 12.8. The SMILES string of the molecule is COc1ccc(C[C@@H](C)NC[C@H](O)c2ccc(O)c(NC=O)c2)cc1.C[C@@H]1C[C@H]2[C@@H]3CCC4=CC(=O)C=C[C@]4(C)[C@@]3(F)[C@@H](O)C[C@]2(C)[C@@]1(O)C(=O)CO. The molecule has 0 bridgehead atoms. The number of carbonyl (C=O) groups excluding carboxylic acids is 3. The van der Waals surface area contributed by atoms with Gasteiger partial charge in [0.1, 0.15) is 23.7 Å². The molecule has 0 saturated heterocycles. The molecule has 0 unspecified atom stereocenters. The maximum atomic E-state index is 16.9. The van der Waals surface area contributed by atoms with Gasteiger partial charge in [0.2, 0.25) is 6.41 Å². The molecule has 288 valence electrons. The number of halogens is 1. The van der Waals surface area contributed by atoms with Crippen LogP contribution < -0.4 is 15.4 Å². The zero-order valence-electron chi connectivity index (χ0n) is 31.0. The van der Waals surface area contributed by atoms with Crippen molar-refractivity contribution >= 4 is 23.7 Å². The molecule has 10 atom stereocenters. The van der Waals surface area contributed by atoms with Crippen molar-refractivity contribution in [1.82, 2.24) is 5.32 Å². The van der Waals surface area contributed by atoms with Gasteiger partial charge in [-0.1, -0.05) is 43.7 Å². The van der Waals surface area contributed by atoms with Crippen molar-refractivity contribution in [2.45, 2.75) is 89.3 Å². The van der Waals surface area contributed by atoms with Crippen molar-refractivity contribution in [3.63, 3.8) is 0 Å². The minimum atomic E-state index is -1.98. The summed E-state index contributed by atoms with van der Waals surface area (Å²) in [5.41, 5.74) is -3.10. The highest BCUT2D eigenvalue weighted by Gasteiger charge is 2.75. The number of hydrogen-bond donors (Lipinski definition) is 7. The summed E-state index contributed by atoms with van der Waals surface area (Å²) in [5.74, 6) is -1.33. The van der Waals surface area contributed by atoms with Crippen LogP contribution in [0.25, 0.3) is 0 Å². The Balaban J connectivity index is 0.000000206. The number of methoxy groups -OCH3 is 1. The van der Waals surface area contributed by atoms with Gasteiger partial charge in [-0.05, 0) is 105 Å². The smallest absolute Gasteiger partial charge is 0.211 e. The van der Waals surface area contributed by atoms with Crippen molar-refractivity contribution in [2.75, 3.05) is 25.6 Å². The molecule has 0 heterocycles. The van der Waals surface area contributed by atoms with Gasteiger partial charge in [-0.15, -0.1) is 0 Å². The normalized spacial score (nSPS) is 33.9. The Morgan fingerprint density at radius 2 is 1.85 bits per heavy atom. The minimum Gasteiger partial charge on any atom is -0.506 e. The maximum absolute atomic E-state index is 16.9. The van der Waals surface area contributed by atoms with E-state index in [1.165, 1.54) is 23.8 Å². The van der Waals surface area contributed by atoms with E-state index in [-0.39, 0.29) is 35.6 Å². The second-order valence-corrected chi connectivity index (χ2v) is 15.7. The summed E-state index contributed by atoms with van der Waals surface area (Å²) < 4.78 is 22.0. The highest BCUT2D eigenvalue weighted by atomic mass is 19.1. The summed E-state index contributed by atoms with van der Waals surface area (Å²) in [6, 6.07) is 12.7. The lowest BCUT2D eigenvalue weighted by atomic mass is 9.44. The van der Waals surface area contributed by atoms with Crippen LogP contribution in [0.15, 0.2) is 66.3 Å². The number of fused-ring (bicyclic) bond motifs is 5. The van der Waals surface area contributed by atoms with E-state index in [0.717, 1.165) is 12.2 Å². The number of phenolic OH excluding ortho intramolecular Hbond substituents is 1. The molecule has 0 aliphatic heterocycles. The molecule has 4 aliphatic rings. The van der Waals surface area contributed by atoms with Crippen molar-refractivity contribution < 1.29 is 49.0 Å². The first kappa shape index (κ1) is 40.2. The Morgan fingerprint density at radius 1 is 1.15 bits per heavy atom. The van der Waals surface area contributed by atoms with E-state index in [4.69, 9.17) is 4.74 Å². The Kier molecular flexibility index (Phi) is 11.7. The van der Waals surface area contributed by atoms with Gasteiger partial charge in [0.15, 0.2) is 17.2 Å². The van der Waals surface area contributed by atoms with Gasteiger partial charge in [0, 0.05) is 29.3 Å². The number of aliphatic hydroxyl groups excluding tert-OH is 3. The minimum absolute atomic E-state index is 0.0381. The standard InChI is InChI=1S/C22H29FO5.C19H24N2O4/c1-12-8-16-15-5-4-13-9-14(25)6-7-19(13,2)21(15,23)17(26)10-20(16,3)22(12,28)18(27)11-24;1-13(9-14-3-6-16(25-2)7-4-14)20-11-19(24)15-5-8-18(23)17(10-15)21-12-22/h6-7,9,12,15-17,24,26,28H,4-5,8,10-11H2,1-3H3;3-8,10,12-13,19-20,23-24H,9,11H2,1-2H3,(H,21,22)/t12-,15+,16+,17+,19+,20+,21+,22+;13-,19+/m11/s1. The summed E-state index contributed by atoms with van der Waals surface area (Å²) in [4.78, 5) is 34.9. The molecule has 12 heteroatoms. The van der Waals surface area contributed by atoms with Gasteiger partial charge in [-0.25, -0.2) is 4.39 Å². The van der Waals surface area contributed by atoms with Crippen molar-refractivity contribution in [3.8, 4) is 11.5 Å². The third-order valence-electron chi connectivity index (χ3n) is 12.8. The zero-order chi connectivity index (χ0) is 38.9. The predicted molar refractivity (Wildman–Crippen MR) is 197 cm³/mol. The summed E-state index contributed by atoms with van der Waals surface area (Å²) in [6.45, 7) is 6.89. The number of nitrogens with one attached hydrogen (secondary N) is 2. The van der Waals surface area contributed by atoms with E-state index in [1.807, 2.05) is 31.2 Å². The van der Waals surface area contributed by atoms with Gasteiger partial charge in [0.25, 0.3) is 0 Å². The predicted octanol–water partition coefficient (Wildman–Crippen LogP) is 4.12. The van der Waals surface area contributed by atoms with Crippen LogP contribution in [0.1, 0.15) is 70.6 Å². The number of Topliss-reactive ketones (excluding diaryl/α,β-unsaturated/α-hetero) is 1. The molecule has 11 nitrogen and oxygen atoms in total. The number of ketones is 2. The van der Waals surface area contributed by atoms with Crippen LogP contribution in [0.5, 0.6) is 11.5 Å². The number of rotatable bonds is 11. The van der Waals surface area contributed by atoms with E-state index >= 15 is 4.39 Å². The molecular formula is C41H53FN2O9. The number of benzene rings is 2. The molecule has 3 fully saturated rings. The molecule has 4 aliphatic carbocycles. The van der Waals surface area contributed by atoms with Crippen LogP contribution in [-0.2, 0) is 20.8 Å². The lowest BCUT2D eigenvalue weighted by Crippen LogP contribution is -2.69. The average Bonchev–Trinajstić information content (AvgIpc) is 3.34. The molecule has 0 spiro atoms. The highest BCUT2D eigenvalue weighted by molar-refractivity contribution is 6.01. The average molecular weight is 737 g/mol. The molecule has 6 rings (SSSR count). The molecule has 53 heavy (non-hydrogen) atoms. The summed E-state index contributed by atoms with van der Waals surface area (Å²) in [7, 11) is 1.64. The van der Waals surface area contributed by atoms with Gasteiger partial charge >= 0.3 is 0 Å². The van der Waals surface area contributed by atoms with Crippen molar-refractivity contribution in [3.05, 3.63) is 77.4 Å². The number of anilines is 1. The maximum Gasteiger partial charge on any atom is 0.211 e. The molecule has 2 aromatic rings. The fourth-order valence-electron chi connectivity index (χ4n) is 9.82. The van der Waals surface area contributed by atoms with Crippen LogP contribution in [-0.4, -0.2) is 87.2 Å². The van der Waals surface area contributed by atoms with E-state index in [0.29, 0.717) is 43.4 Å². The summed E-state index contributed by atoms with van der Waals surface area (Å²) in [5, 5.41) is 57.6. The van der Waals surface area contributed by atoms with E-state index in [2.05, 4.69) is 10.6 Å². The van der Waals surface area contributed by atoms with Crippen molar-refractivity contribution in [2.24, 2.45) is 28.6 Å². The summed E-state index contributed by atoms with van der Waals surface area (Å²) in [6.07, 6.45) is 5.01. The first-order valence-corrected chi connectivity index (χ1v) is 18.2. The number of carbonyl (C=O) groups is 3. The number of aliphatic hydroxyl groups is 4. The Morgan fingerprint density at radius 3 is 2.49 bits per heavy atom. The van der Waals surface area contributed by atoms with Gasteiger partial charge in [-0.3, -0.25) is 14.4 Å². The Bertz CT molecular complexity index is 1750. The number of amides is 1. The fourth-order valence-corrected chi connectivity index (χ4v) is 9.82. The van der Waals surface area contributed by atoms with Gasteiger partial charge < -0.3 is 40.9 Å². The van der Waals surface area contributed by atoms with Crippen molar-refractivity contribution in [1.29, 1.82) is 0 Å². The monoisotopic (exact) mass is 736 g/mol. The summed E-state index contributed by atoms with van der Waals surface area (Å²) >= 11 is 0. The van der Waals surface area contributed by atoms with E-state index in [1.54, 1.807) is 46.1 Å². The molecule has 3 saturated carbocycles. The van der Waals surface area contributed by atoms with Crippen LogP contribution in [0.4, 0.5) is 10.1 Å². The largest absolute Gasteiger partial charge is 0.506 e. The highest BCUT2D eigenvalue weighted by Crippen LogP contribution is 2.70. The van der Waals surface area contributed by atoms with Crippen LogP contribution in [0.2, 0.25) is 0 Å². The second kappa shape index (κ2) is 15.4. The number of ether oxygens (including phenoxy) is 1. The second-order valence-electron chi connectivity index (χ2n) is 15.7. The molecule has 1 amide bonds. The van der Waals surface area contributed by atoms with E-state index < -0.39 is 58.5 Å². The lowest BCUT2D eigenvalue weighted by Gasteiger charge is -2.62. The number of phenols is 1.